The number of carbonyl (C=O) groups excluding carboxylic acids is 1. The van der Waals surface area contributed by atoms with E-state index in [2.05, 4.69) is 10.6 Å². The molecule has 0 fully saturated rings. The fraction of sp³-hybridized carbons (Fsp3) is 0.188. The maximum absolute atomic E-state index is 12.0. The van der Waals surface area contributed by atoms with E-state index < -0.39 is 9.84 Å². The van der Waals surface area contributed by atoms with E-state index in [0.717, 1.165) is 6.26 Å². The molecule has 23 heavy (non-hydrogen) atoms. The molecule has 0 aliphatic carbocycles. The molecule has 0 spiro atoms. The van der Waals surface area contributed by atoms with Crippen LogP contribution in [0.1, 0.15) is 0 Å². The maximum atomic E-state index is 12.0. The van der Waals surface area contributed by atoms with Crippen molar-refractivity contribution in [2.75, 3.05) is 30.5 Å². The van der Waals surface area contributed by atoms with Crippen LogP contribution in [0.2, 0.25) is 0 Å². The molecule has 2 N–H and O–H groups in total. The SMILES string of the molecule is COc1ccccc1NCC(=O)Nc1cccc(S(C)(=O)=O)c1. The van der Waals surface area contributed by atoms with Gasteiger partial charge in [-0.3, -0.25) is 4.79 Å². The highest BCUT2D eigenvalue weighted by Crippen LogP contribution is 2.22. The summed E-state index contributed by atoms with van der Waals surface area (Å²) in [5.74, 6) is 0.348. The monoisotopic (exact) mass is 334 g/mol. The van der Waals surface area contributed by atoms with Gasteiger partial charge in [-0.05, 0) is 30.3 Å². The Balaban J connectivity index is 2.00. The summed E-state index contributed by atoms with van der Waals surface area (Å²) in [7, 11) is -1.76. The molecule has 0 aliphatic heterocycles. The van der Waals surface area contributed by atoms with Crippen molar-refractivity contribution in [3.8, 4) is 5.75 Å². The number of amides is 1. The lowest BCUT2D eigenvalue weighted by Crippen LogP contribution is -2.22. The fourth-order valence-electron chi connectivity index (χ4n) is 1.98. The van der Waals surface area contributed by atoms with Crippen LogP contribution >= 0.6 is 0 Å². The Morgan fingerprint density at radius 2 is 1.87 bits per heavy atom. The molecule has 0 unspecified atom stereocenters. The van der Waals surface area contributed by atoms with Crippen molar-refractivity contribution in [3.63, 3.8) is 0 Å². The third-order valence-corrected chi connectivity index (χ3v) is 4.20. The first kappa shape index (κ1) is 16.8. The summed E-state index contributed by atoms with van der Waals surface area (Å²) in [5, 5.41) is 5.63. The first-order valence-corrected chi connectivity index (χ1v) is 8.76. The van der Waals surface area contributed by atoms with Crippen molar-refractivity contribution in [1.29, 1.82) is 0 Å². The van der Waals surface area contributed by atoms with Gasteiger partial charge in [0, 0.05) is 11.9 Å². The van der Waals surface area contributed by atoms with Crippen molar-refractivity contribution < 1.29 is 17.9 Å². The van der Waals surface area contributed by atoms with Crippen LogP contribution in [-0.4, -0.2) is 34.2 Å². The number of methoxy groups -OCH3 is 1. The molecule has 0 atom stereocenters. The lowest BCUT2D eigenvalue weighted by molar-refractivity contribution is -0.114. The van der Waals surface area contributed by atoms with E-state index in [0.29, 0.717) is 17.1 Å². The van der Waals surface area contributed by atoms with E-state index in [4.69, 9.17) is 4.74 Å². The van der Waals surface area contributed by atoms with Gasteiger partial charge < -0.3 is 15.4 Å². The van der Waals surface area contributed by atoms with Crippen LogP contribution < -0.4 is 15.4 Å². The number of nitrogens with one attached hydrogen (secondary N) is 2. The van der Waals surface area contributed by atoms with E-state index >= 15 is 0 Å². The zero-order chi connectivity index (χ0) is 16.9. The highest BCUT2D eigenvalue weighted by atomic mass is 32.2. The number of sulfone groups is 1. The molecular formula is C16H18N2O4S. The van der Waals surface area contributed by atoms with Crippen molar-refractivity contribution >= 4 is 27.1 Å². The zero-order valence-electron chi connectivity index (χ0n) is 12.9. The van der Waals surface area contributed by atoms with Gasteiger partial charge in [-0.2, -0.15) is 0 Å². The molecule has 1 amide bonds. The van der Waals surface area contributed by atoms with Gasteiger partial charge >= 0.3 is 0 Å². The van der Waals surface area contributed by atoms with E-state index in [1.54, 1.807) is 31.4 Å². The van der Waals surface area contributed by atoms with Crippen molar-refractivity contribution in [2.45, 2.75) is 4.90 Å². The summed E-state index contributed by atoms with van der Waals surface area (Å²) >= 11 is 0. The number of carbonyl (C=O) groups is 1. The Morgan fingerprint density at radius 1 is 1.13 bits per heavy atom. The van der Waals surface area contributed by atoms with E-state index in [1.165, 1.54) is 12.1 Å². The number of ether oxygens (including phenoxy) is 1. The van der Waals surface area contributed by atoms with Crippen molar-refractivity contribution in [2.24, 2.45) is 0 Å². The topological polar surface area (TPSA) is 84.5 Å². The molecule has 0 aromatic heterocycles. The molecule has 0 radical (unpaired) electrons. The van der Waals surface area contributed by atoms with Crippen molar-refractivity contribution in [3.05, 3.63) is 48.5 Å². The molecule has 2 aromatic rings. The Kier molecular flexibility index (Phi) is 5.23. The van der Waals surface area contributed by atoms with Crippen LogP contribution in [0.3, 0.4) is 0 Å². The van der Waals surface area contributed by atoms with Gasteiger partial charge in [-0.25, -0.2) is 8.42 Å². The summed E-state index contributed by atoms with van der Waals surface area (Å²) in [5.41, 5.74) is 1.13. The molecule has 2 rings (SSSR count). The van der Waals surface area contributed by atoms with Gasteiger partial charge in [-0.1, -0.05) is 18.2 Å². The summed E-state index contributed by atoms with van der Waals surface area (Å²) in [6.45, 7) is 0.0312. The number of hydrogen-bond acceptors (Lipinski definition) is 5. The van der Waals surface area contributed by atoms with Gasteiger partial charge in [0.2, 0.25) is 5.91 Å². The molecule has 0 heterocycles. The second-order valence-electron chi connectivity index (χ2n) is 4.90. The van der Waals surface area contributed by atoms with E-state index in [1.807, 2.05) is 12.1 Å². The van der Waals surface area contributed by atoms with Crippen LogP contribution in [0.5, 0.6) is 5.75 Å². The minimum absolute atomic E-state index is 0.0312. The number of hydrogen-bond donors (Lipinski definition) is 2. The van der Waals surface area contributed by atoms with Crippen LogP contribution in [0.25, 0.3) is 0 Å². The van der Waals surface area contributed by atoms with Gasteiger partial charge in [0.05, 0.1) is 24.2 Å². The second-order valence-corrected chi connectivity index (χ2v) is 6.92. The van der Waals surface area contributed by atoms with Crippen LogP contribution in [0, 0.1) is 0 Å². The third-order valence-electron chi connectivity index (χ3n) is 3.09. The van der Waals surface area contributed by atoms with Crippen LogP contribution in [-0.2, 0) is 14.6 Å². The second kappa shape index (κ2) is 7.15. The maximum Gasteiger partial charge on any atom is 0.243 e. The Hall–Kier alpha value is -2.54. The predicted molar refractivity (Wildman–Crippen MR) is 89.7 cm³/mol. The lowest BCUT2D eigenvalue weighted by atomic mass is 10.3. The molecule has 7 heteroatoms. The Morgan fingerprint density at radius 3 is 2.57 bits per heavy atom. The molecule has 0 aliphatic rings. The molecule has 2 aromatic carbocycles. The van der Waals surface area contributed by atoms with Gasteiger partial charge in [-0.15, -0.1) is 0 Å². The zero-order valence-corrected chi connectivity index (χ0v) is 13.7. The van der Waals surface area contributed by atoms with E-state index in [9.17, 15) is 13.2 Å². The quantitative estimate of drug-likeness (QED) is 0.845. The summed E-state index contributed by atoms with van der Waals surface area (Å²) in [4.78, 5) is 12.1. The predicted octanol–water partition coefficient (Wildman–Crippen LogP) is 2.15. The lowest BCUT2D eigenvalue weighted by Gasteiger charge is -2.11. The van der Waals surface area contributed by atoms with Crippen LogP contribution in [0.15, 0.2) is 53.4 Å². The molecule has 122 valence electrons. The minimum Gasteiger partial charge on any atom is -0.495 e. The number of para-hydroxylation sites is 2. The highest BCUT2D eigenvalue weighted by Gasteiger charge is 2.09. The molecule has 0 bridgehead atoms. The number of benzene rings is 2. The summed E-state index contributed by atoms with van der Waals surface area (Å²) in [6, 6.07) is 13.4. The van der Waals surface area contributed by atoms with E-state index in [-0.39, 0.29) is 17.3 Å². The molecular weight excluding hydrogens is 316 g/mol. The average molecular weight is 334 g/mol. The standard InChI is InChI=1S/C16H18N2O4S/c1-22-15-9-4-3-8-14(15)17-11-16(19)18-12-6-5-7-13(10-12)23(2,20)21/h3-10,17H,11H2,1-2H3,(H,18,19). The number of rotatable bonds is 6. The molecule has 0 saturated heterocycles. The van der Waals surface area contributed by atoms with Crippen molar-refractivity contribution in [1.82, 2.24) is 0 Å². The molecule has 6 nitrogen and oxygen atoms in total. The third kappa shape index (κ3) is 4.72. The first-order chi connectivity index (χ1) is 10.9. The minimum atomic E-state index is -3.31. The fourth-order valence-corrected chi connectivity index (χ4v) is 2.64. The summed E-state index contributed by atoms with van der Waals surface area (Å²) < 4.78 is 28.2. The average Bonchev–Trinajstić information content (AvgIpc) is 2.52. The first-order valence-electron chi connectivity index (χ1n) is 6.87. The largest absolute Gasteiger partial charge is 0.495 e. The smallest absolute Gasteiger partial charge is 0.243 e. The Labute approximate surface area is 135 Å². The number of anilines is 2. The Bertz CT molecular complexity index is 803. The highest BCUT2D eigenvalue weighted by molar-refractivity contribution is 7.90. The van der Waals surface area contributed by atoms with Gasteiger partial charge in [0.15, 0.2) is 9.84 Å². The normalized spacial score (nSPS) is 10.9. The van der Waals surface area contributed by atoms with Gasteiger partial charge in [0.1, 0.15) is 5.75 Å². The summed E-state index contributed by atoms with van der Waals surface area (Å²) in [6.07, 6.45) is 1.12. The molecule has 0 saturated carbocycles. The van der Waals surface area contributed by atoms with Gasteiger partial charge in [0.25, 0.3) is 0 Å². The van der Waals surface area contributed by atoms with Crippen LogP contribution in [0.4, 0.5) is 11.4 Å².